The first-order valence-corrected chi connectivity index (χ1v) is 4.35. The molecule has 0 heterocycles. The van der Waals surface area contributed by atoms with Crippen molar-refractivity contribution in [3.63, 3.8) is 0 Å². The largest absolute Gasteiger partial charge is 0.481 e. The van der Waals surface area contributed by atoms with Gasteiger partial charge in [0.25, 0.3) is 0 Å². The predicted octanol–water partition coefficient (Wildman–Crippen LogP) is -0.382. The average Bonchev–Trinajstić information content (AvgIpc) is 2.14. The third-order valence-corrected chi connectivity index (χ3v) is 1.35. The Hall–Kier alpha value is -1.14. The molecule has 0 saturated heterocycles. The fourth-order valence-corrected chi connectivity index (χ4v) is 0.428. The lowest BCUT2D eigenvalue weighted by Crippen LogP contribution is -2.28. The molecule has 0 saturated carbocycles. The van der Waals surface area contributed by atoms with Crippen molar-refractivity contribution in [1.29, 1.82) is 0 Å². The lowest BCUT2D eigenvalue weighted by molar-refractivity contribution is -0.139. The topological polar surface area (TPSA) is 127 Å². The van der Waals surface area contributed by atoms with Crippen LogP contribution in [0.25, 0.3) is 0 Å². The summed E-state index contributed by atoms with van der Waals surface area (Å²) in [5, 5.41) is 16.0. The lowest BCUT2D eigenvalue weighted by atomic mass is 10.2. The highest BCUT2D eigenvalue weighted by Crippen LogP contribution is 1.82. The maximum Gasteiger partial charge on any atom is 0.320 e. The van der Waals surface area contributed by atoms with Gasteiger partial charge >= 0.3 is 11.9 Å². The Morgan fingerprint density at radius 2 is 1.86 bits per heavy atom. The van der Waals surface area contributed by atoms with Crippen LogP contribution in [0.15, 0.2) is 0 Å². The molecule has 6 heteroatoms. The maximum atomic E-state index is 9.81. The fraction of sp³-hybridized carbons (Fsp3) is 0.750. The summed E-state index contributed by atoms with van der Waals surface area (Å²) in [7, 11) is 0. The van der Waals surface area contributed by atoms with Crippen LogP contribution in [0.2, 0.25) is 0 Å². The standard InChI is InChI=1S/2C4H9NO2/c1-2-3(5)4(6)7;5-3-1-2-4(6)7/h3H,2,5H2,1H3,(H,6,7);1-3,5H2,(H,6,7)/t3-;/m1./s1. The number of nitrogens with two attached hydrogens (primary N) is 2. The highest BCUT2D eigenvalue weighted by Gasteiger charge is 2.05. The molecule has 0 aromatic carbocycles. The quantitative estimate of drug-likeness (QED) is 0.485. The van der Waals surface area contributed by atoms with Crippen molar-refractivity contribution in [2.45, 2.75) is 32.2 Å². The fourth-order valence-electron chi connectivity index (χ4n) is 0.428. The average molecular weight is 206 g/mol. The molecule has 0 spiro atoms. The van der Waals surface area contributed by atoms with E-state index in [1.165, 1.54) is 0 Å². The van der Waals surface area contributed by atoms with E-state index in [0.717, 1.165) is 0 Å². The van der Waals surface area contributed by atoms with Crippen LogP contribution in [0.5, 0.6) is 0 Å². The summed E-state index contributed by atoms with van der Waals surface area (Å²) in [4.78, 5) is 19.5. The highest BCUT2D eigenvalue weighted by atomic mass is 16.4. The van der Waals surface area contributed by atoms with Gasteiger partial charge in [-0.25, -0.2) is 0 Å². The molecule has 0 aromatic rings. The highest BCUT2D eigenvalue weighted by molar-refractivity contribution is 5.72. The van der Waals surface area contributed by atoms with Gasteiger partial charge in [0, 0.05) is 6.42 Å². The van der Waals surface area contributed by atoms with Crippen molar-refractivity contribution in [2.75, 3.05) is 6.54 Å². The first-order chi connectivity index (χ1) is 6.45. The van der Waals surface area contributed by atoms with E-state index < -0.39 is 18.0 Å². The molecule has 6 nitrogen and oxygen atoms in total. The molecule has 0 amide bonds. The second-order valence-electron chi connectivity index (χ2n) is 2.64. The van der Waals surface area contributed by atoms with E-state index in [1.54, 1.807) is 6.92 Å². The molecule has 6 N–H and O–H groups in total. The van der Waals surface area contributed by atoms with Crippen molar-refractivity contribution in [2.24, 2.45) is 11.5 Å². The summed E-state index contributed by atoms with van der Waals surface area (Å²) in [6, 6.07) is -0.681. The van der Waals surface area contributed by atoms with Crippen molar-refractivity contribution in [1.82, 2.24) is 0 Å². The van der Waals surface area contributed by atoms with Gasteiger partial charge in [0.15, 0.2) is 0 Å². The Labute approximate surface area is 82.9 Å². The second kappa shape index (κ2) is 9.94. The van der Waals surface area contributed by atoms with Crippen LogP contribution in [0.4, 0.5) is 0 Å². The van der Waals surface area contributed by atoms with Crippen molar-refractivity contribution in [3.05, 3.63) is 0 Å². The summed E-state index contributed by atoms with van der Waals surface area (Å²) in [5.41, 5.74) is 10.0. The van der Waals surface area contributed by atoms with Gasteiger partial charge in [0.2, 0.25) is 0 Å². The molecule has 0 rings (SSSR count). The Bertz CT molecular complexity index is 173. The SMILES string of the molecule is CC[C@@H](N)C(=O)O.NCCCC(=O)O. The summed E-state index contributed by atoms with van der Waals surface area (Å²) < 4.78 is 0. The zero-order valence-corrected chi connectivity index (χ0v) is 8.27. The number of carboxylic acids is 2. The van der Waals surface area contributed by atoms with Gasteiger partial charge in [-0.15, -0.1) is 0 Å². The van der Waals surface area contributed by atoms with Gasteiger partial charge in [0.1, 0.15) is 6.04 Å². The number of aliphatic carboxylic acids is 2. The zero-order chi connectivity index (χ0) is 11.6. The van der Waals surface area contributed by atoms with E-state index in [4.69, 9.17) is 21.7 Å². The van der Waals surface area contributed by atoms with E-state index in [9.17, 15) is 9.59 Å². The van der Waals surface area contributed by atoms with E-state index in [-0.39, 0.29) is 6.42 Å². The molecule has 14 heavy (non-hydrogen) atoms. The molecule has 0 aliphatic heterocycles. The summed E-state index contributed by atoms with van der Waals surface area (Å²) >= 11 is 0. The Balaban J connectivity index is 0. The molecule has 0 fully saturated rings. The van der Waals surface area contributed by atoms with E-state index in [2.05, 4.69) is 0 Å². The van der Waals surface area contributed by atoms with Crippen molar-refractivity contribution < 1.29 is 19.8 Å². The first kappa shape index (κ1) is 15.3. The lowest BCUT2D eigenvalue weighted by Gasteiger charge is -1.97. The smallest absolute Gasteiger partial charge is 0.320 e. The van der Waals surface area contributed by atoms with Gasteiger partial charge in [-0.2, -0.15) is 0 Å². The molecule has 0 unspecified atom stereocenters. The third kappa shape index (κ3) is 13.4. The van der Waals surface area contributed by atoms with Gasteiger partial charge in [-0.05, 0) is 19.4 Å². The van der Waals surface area contributed by atoms with Crippen LogP contribution < -0.4 is 11.5 Å². The first-order valence-electron chi connectivity index (χ1n) is 4.35. The maximum absolute atomic E-state index is 9.81. The third-order valence-electron chi connectivity index (χ3n) is 1.35. The molecule has 0 aromatic heterocycles. The van der Waals surface area contributed by atoms with Gasteiger partial charge in [-0.3, -0.25) is 9.59 Å². The number of carboxylic acid groups (broad SMARTS) is 2. The second-order valence-corrected chi connectivity index (χ2v) is 2.64. The Kier molecular flexibility index (Phi) is 10.9. The van der Waals surface area contributed by atoms with Crippen LogP contribution in [0.3, 0.4) is 0 Å². The zero-order valence-electron chi connectivity index (χ0n) is 8.27. The van der Waals surface area contributed by atoms with Crippen molar-refractivity contribution in [3.8, 4) is 0 Å². The number of carbonyl (C=O) groups is 2. The molecule has 84 valence electrons. The molecule has 1 atom stereocenters. The van der Waals surface area contributed by atoms with Crippen LogP contribution in [-0.4, -0.2) is 34.7 Å². The molecular weight excluding hydrogens is 188 g/mol. The number of hydrogen-bond acceptors (Lipinski definition) is 4. The van der Waals surface area contributed by atoms with Gasteiger partial charge in [0.05, 0.1) is 0 Å². The minimum atomic E-state index is -0.928. The van der Waals surface area contributed by atoms with E-state index in [1.807, 2.05) is 0 Å². The number of rotatable bonds is 5. The van der Waals surface area contributed by atoms with Gasteiger partial charge in [-0.1, -0.05) is 6.92 Å². The Morgan fingerprint density at radius 1 is 1.36 bits per heavy atom. The molecule has 0 radical (unpaired) electrons. The minimum Gasteiger partial charge on any atom is -0.481 e. The predicted molar refractivity (Wildman–Crippen MR) is 51.8 cm³/mol. The summed E-state index contributed by atoms with van der Waals surface area (Å²) in [5.74, 6) is -1.70. The van der Waals surface area contributed by atoms with Crippen LogP contribution >= 0.6 is 0 Å². The summed E-state index contributed by atoms with van der Waals surface area (Å²) in [6.07, 6.45) is 1.27. The monoisotopic (exact) mass is 206 g/mol. The van der Waals surface area contributed by atoms with E-state index in [0.29, 0.717) is 19.4 Å². The van der Waals surface area contributed by atoms with Gasteiger partial charge < -0.3 is 21.7 Å². The Morgan fingerprint density at radius 3 is 1.93 bits per heavy atom. The van der Waals surface area contributed by atoms with Crippen LogP contribution in [-0.2, 0) is 9.59 Å². The van der Waals surface area contributed by atoms with Crippen molar-refractivity contribution >= 4 is 11.9 Å². The minimum absolute atomic E-state index is 0.191. The number of hydrogen-bond donors (Lipinski definition) is 4. The van der Waals surface area contributed by atoms with Crippen LogP contribution in [0.1, 0.15) is 26.2 Å². The molecule has 0 bridgehead atoms. The normalized spacial score (nSPS) is 11.1. The van der Waals surface area contributed by atoms with E-state index >= 15 is 0 Å². The summed E-state index contributed by atoms with van der Waals surface area (Å²) in [6.45, 7) is 2.20. The molecule has 0 aliphatic carbocycles. The molecule has 0 aliphatic rings. The van der Waals surface area contributed by atoms with Crippen LogP contribution in [0, 0.1) is 0 Å². The molecular formula is C8H18N2O4.